The summed E-state index contributed by atoms with van der Waals surface area (Å²) in [5.41, 5.74) is 0.503. The van der Waals surface area contributed by atoms with Crippen LogP contribution in [0.25, 0.3) is 11.5 Å². The molecule has 0 aliphatic heterocycles. The molecule has 0 spiro atoms. The number of halogens is 1. The minimum absolute atomic E-state index is 0.182. The van der Waals surface area contributed by atoms with E-state index < -0.39 is 11.9 Å². The lowest BCUT2D eigenvalue weighted by Crippen LogP contribution is -2.21. The number of nitrogens with zero attached hydrogens (tertiary/aromatic N) is 2. The largest absolute Gasteiger partial charge is 0.474 e. The molecular formula is C12H12BrN3O5S. The average molecular weight is 390 g/mol. The lowest BCUT2D eigenvalue weighted by atomic mass is 10.2. The van der Waals surface area contributed by atoms with Gasteiger partial charge in [-0.25, -0.2) is 9.78 Å². The third-order valence-corrected chi connectivity index (χ3v) is 3.91. The molecule has 0 fully saturated rings. The molecule has 2 aromatic heterocycles. The van der Waals surface area contributed by atoms with Crippen molar-refractivity contribution in [1.29, 1.82) is 0 Å². The minimum Gasteiger partial charge on any atom is -0.474 e. The molecule has 0 bridgehead atoms. The van der Waals surface area contributed by atoms with Gasteiger partial charge in [-0.05, 0) is 22.9 Å². The van der Waals surface area contributed by atoms with E-state index in [9.17, 15) is 9.59 Å². The summed E-state index contributed by atoms with van der Waals surface area (Å²) >= 11 is 4.35. The molecule has 0 unspecified atom stereocenters. The van der Waals surface area contributed by atoms with E-state index >= 15 is 0 Å². The number of carboxylic acid groups (broad SMARTS) is 1. The molecule has 0 radical (unpaired) electrons. The number of aliphatic carboxylic acids is 1. The summed E-state index contributed by atoms with van der Waals surface area (Å²) in [6.07, 6.45) is 0.558. The number of aromatic nitrogens is 2. The van der Waals surface area contributed by atoms with E-state index in [1.54, 1.807) is 6.07 Å². The molecule has 0 aliphatic rings. The van der Waals surface area contributed by atoms with Gasteiger partial charge >= 0.3 is 11.9 Å². The summed E-state index contributed by atoms with van der Waals surface area (Å²) in [6.45, 7) is 2.96. The number of thiazole rings is 1. The van der Waals surface area contributed by atoms with E-state index in [2.05, 4.69) is 31.4 Å². The first-order valence-electron chi connectivity index (χ1n) is 6.25. The predicted octanol–water partition coefficient (Wildman–Crippen LogP) is 2.16. The topological polar surface area (TPSA) is 115 Å². The van der Waals surface area contributed by atoms with Crippen molar-refractivity contribution in [2.24, 2.45) is 0 Å². The van der Waals surface area contributed by atoms with Crippen LogP contribution >= 0.6 is 27.3 Å². The number of ether oxygens (including phenoxy) is 1. The molecule has 2 N–H and O–H groups in total. The van der Waals surface area contributed by atoms with E-state index in [1.165, 1.54) is 11.3 Å². The second-order valence-electron chi connectivity index (χ2n) is 4.01. The number of hydrogen-bond acceptors (Lipinski definition) is 7. The van der Waals surface area contributed by atoms with Crippen LogP contribution in [-0.4, -0.2) is 40.3 Å². The summed E-state index contributed by atoms with van der Waals surface area (Å²) in [5, 5.41) is 14.8. The molecule has 8 nitrogen and oxygen atoms in total. The summed E-state index contributed by atoms with van der Waals surface area (Å²) in [6, 6.07) is 1.64. The number of carbonyl (C=O) groups excluding carboxylic acids is 1. The Hall–Kier alpha value is -1.78. The Balaban J connectivity index is 2.26. The molecule has 0 atom stereocenters. The number of carboxylic acids is 1. The average Bonchev–Trinajstić information content (AvgIpc) is 3.05. The number of nitrogens with one attached hydrogen (secondary N) is 1. The fourth-order valence-electron chi connectivity index (χ4n) is 1.59. The summed E-state index contributed by atoms with van der Waals surface area (Å²) in [7, 11) is 0. The van der Waals surface area contributed by atoms with Crippen molar-refractivity contribution in [3.63, 3.8) is 0 Å². The van der Waals surface area contributed by atoms with Gasteiger partial charge in [-0.1, -0.05) is 5.16 Å². The molecule has 2 rings (SSSR count). The first-order chi connectivity index (χ1) is 10.5. The van der Waals surface area contributed by atoms with Crippen LogP contribution in [0.4, 0.5) is 5.13 Å². The lowest BCUT2D eigenvalue weighted by molar-refractivity contribution is -0.147. The molecule has 1 amide bonds. The van der Waals surface area contributed by atoms with Crippen molar-refractivity contribution in [3.05, 3.63) is 15.5 Å². The smallest absolute Gasteiger partial charge is 0.394 e. The number of carbonyl (C=O) groups is 2. The minimum atomic E-state index is -1.57. The van der Waals surface area contributed by atoms with Crippen LogP contribution in [-0.2, 0) is 20.7 Å². The van der Waals surface area contributed by atoms with Gasteiger partial charge in [0.1, 0.15) is 10.3 Å². The van der Waals surface area contributed by atoms with Gasteiger partial charge < -0.3 is 14.4 Å². The molecule has 118 valence electrons. The van der Waals surface area contributed by atoms with Gasteiger partial charge in [0.05, 0.1) is 6.61 Å². The normalized spacial score (nSPS) is 10.6. The molecule has 0 saturated heterocycles. The van der Waals surface area contributed by atoms with Crippen molar-refractivity contribution in [3.8, 4) is 11.5 Å². The molecule has 2 aromatic rings. The van der Waals surface area contributed by atoms with E-state index in [0.717, 1.165) is 4.88 Å². The number of rotatable bonds is 6. The molecular weight excluding hydrogens is 378 g/mol. The van der Waals surface area contributed by atoms with Crippen LogP contribution in [0, 0.1) is 0 Å². The molecule has 0 saturated carbocycles. The summed E-state index contributed by atoms with van der Waals surface area (Å²) in [4.78, 5) is 26.8. The Morgan fingerprint density at radius 2 is 2.32 bits per heavy atom. The van der Waals surface area contributed by atoms with Gasteiger partial charge in [0.2, 0.25) is 0 Å². The monoisotopic (exact) mass is 389 g/mol. The molecule has 0 aromatic carbocycles. The zero-order valence-electron chi connectivity index (χ0n) is 11.5. The van der Waals surface area contributed by atoms with Crippen molar-refractivity contribution < 1.29 is 24.0 Å². The van der Waals surface area contributed by atoms with Gasteiger partial charge in [0.25, 0.3) is 0 Å². The second kappa shape index (κ2) is 7.47. The Labute approximate surface area is 137 Å². The molecule has 0 aliphatic carbocycles. The highest BCUT2D eigenvalue weighted by Crippen LogP contribution is 2.32. The maximum atomic E-state index is 11.2. The first-order valence-corrected chi connectivity index (χ1v) is 7.86. The van der Waals surface area contributed by atoms with Gasteiger partial charge in [0, 0.05) is 24.0 Å². The van der Waals surface area contributed by atoms with E-state index in [0.29, 0.717) is 35.7 Å². The van der Waals surface area contributed by atoms with Crippen molar-refractivity contribution in [2.45, 2.75) is 13.3 Å². The summed E-state index contributed by atoms with van der Waals surface area (Å²) in [5.74, 6) is -2.30. The van der Waals surface area contributed by atoms with Crippen LogP contribution in [0.3, 0.4) is 0 Å². The zero-order chi connectivity index (χ0) is 16.1. The lowest BCUT2D eigenvalue weighted by Gasteiger charge is -1.99. The number of amides is 1. The van der Waals surface area contributed by atoms with Gasteiger partial charge in [-0.3, -0.25) is 10.1 Å². The number of hydrogen-bond donors (Lipinski definition) is 2. The van der Waals surface area contributed by atoms with Crippen LogP contribution in [0.2, 0.25) is 0 Å². The SMILES string of the molecule is CCOCCc1sc(NC(=O)C(=O)O)nc1-c1cc(Br)no1. The fourth-order valence-corrected chi connectivity index (χ4v) is 2.81. The quantitative estimate of drug-likeness (QED) is 0.574. The Morgan fingerprint density at radius 3 is 2.91 bits per heavy atom. The van der Waals surface area contributed by atoms with Gasteiger partial charge in [-0.15, -0.1) is 11.3 Å². The maximum Gasteiger partial charge on any atom is 0.394 e. The Kier molecular flexibility index (Phi) is 5.63. The van der Waals surface area contributed by atoms with Crippen LogP contribution in [0.1, 0.15) is 11.8 Å². The van der Waals surface area contributed by atoms with Crippen LogP contribution in [0.15, 0.2) is 15.2 Å². The van der Waals surface area contributed by atoms with Gasteiger partial charge in [0.15, 0.2) is 10.9 Å². The fraction of sp³-hybridized carbons (Fsp3) is 0.333. The van der Waals surface area contributed by atoms with Crippen molar-refractivity contribution in [2.75, 3.05) is 18.5 Å². The molecule has 2 heterocycles. The van der Waals surface area contributed by atoms with E-state index in [4.69, 9.17) is 14.4 Å². The highest BCUT2D eigenvalue weighted by Gasteiger charge is 2.20. The second-order valence-corrected chi connectivity index (χ2v) is 5.91. The predicted molar refractivity (Wildman–Crippen MR) is 81.8 cm³/mol. The molecule has 22 heavy (non-hydrogen) atoms. The zero-order valence-corrected chi connectivity index (χ0v) is 13.9. The summed E-state index contributed by atoms with van der Waals surface area (Å²) < 4.78 is 11.0. The van der Waals surface area contributed by atoms with E-state index in [-0.39, 0.29) is 5.13 Å². The Bertz CT molecular complexity index is 684. The number of anilines is 1. The third-order valence-electron chi connectivity index (χ3n) is 2.50. The van der Waals surface area contributed by atoms with E-state index in [1.807, 2.05) is 6.92 Å². The molecule has 10 heteroatoms. The standard InChI is InChI=1S/C12H12BrN3O5S/c1-2-20-4-3-7-9(6-5-8(13)16-21-6)14-12(22-7)15-10(17)11(18)19/h5H,2-4H2,1H3,(H,18,19)(H,14,15,17). The first kappa shape index (κ1) is 16.6. The third kappa shape index (κ3) is 4.12. The Morgan fingerprint density at radius 1 is 1.55 bits per heavy atom. The van der Waals surface area contributed by atoms with Crippen molar-refractivity contribution in [1.82, 2.24) is 10.1 Å². The van der Waals surface area contributed by atoms with Crippen LogP contribution < -0.4 is 5.32 Å². The maximum absolute atomic E-state index is 11.2. The van der Waals surface area contributed by atoms with Crippen LogP contribution in [0.5, 0.6) is 0 Å². The highest BCUT2D eigenvalue weighted by atomic mass is 79.9. The highest BCUT2D eigenvalue weighted by molar-refractivity contribution is 9.10. The van der Waals surface area contributed by atoms with Gasteiger partial charge in [-0.2, -0.15) is 0 Å². The van der Waals surface area contributed by atoms with Crippen molar-refractivity contribution >= 4 is 44.3 Å².